The van der Waals surface area contributed by atoms with Gasteiger partial charge in [-0.15, -0.1) is 0 Å². The Morgan fingerprint density at radius 2 is 2.00 bits per heavy atom. The van der Waals surface area contributed by atoms with Gasteiger partial charge in [0.05, 0.1) is 18.1 Å². The minimum Gasteiger partial charge on any atom is -0.378 e. The highest BCUT2D eigenvalue weighted by molar-refractivity contribution is 8.18. The standard InChI is InChI=1S/C16H17N3O3S/c1-11(20)17-13-4-2-12(3-5-13)10-14-15(21)18-16(23-14)19-6-8-22-9-7-19/h2-5,10H,6-9H2,1H3,(H,17,20)/b14-10-. The first-order chi connectivity index (χ1) is 11.1. The van der Waals surface area contributed by atoms with E-state index in [0.717, 1.165) is 29.5 Å². The molecule has 1 N–H and O–H groups in total. The van der Waals surface area contributed by atoms with Gasteiger partial charge in [0.1, 0.15) is 0 Å². The normalized spacial score (nSPS) is 19.9. The van der Waals surface area contributed by atoms with E-state index in [-0.39, 0.29) is 11.8 Å². The fourth-order valence-corrected chi connectivity index (χ4v) is 3.27. The molecular formula is C16H17N3O3S. The van der Waals surface area contributed by atoms with E-state index in [9.17, 15) is 9.59 Å². The number of benzene rings is 1. The molecular weight excluding hydrogens is 314 g/mol. The lowest BCUT2D eigenvalue weighted by atomic mass is 10.2. The zero-order chi connectivity index (χ0) is 16.2. The number of nitrogens with one attached hydrogen (secondary N) is 1. The predicted octanol–water partition coefficient (Wildman–Crippen LogP) is 1.95. The van der Waals surface area contributed by atoms with Crippen molar-refractivity contribution in [3.05, 3.63) is 34.7 Å². The van der Waals surface area contributed by atoms with Gasteiger partial charge in [0.2, 0.25) is 5.91 Å². The van der Waals surface area contributed by atoms with Gasteiger partial charge in [-0.2, -0.15) is 4.99 Å². The van der Waals surface area contributed by atoms with Gasteiger partial charge in [-0.1, -0.05) is 12.1 Å². The summed E-state index contributed by atoms with van der Waals surface area (Å²) >= 11 is 1.40. The maximum absolute atomic E-state index is 12.1. The Morgan fingerprint density at radius 3 is 2.65 bits per heavy atom. The van der Waals surface area contributed by atoms with Gasteiger partial charge in [-0.05, 0) is 35.5 Å². The van der Waals surface area contributed by atoms with Crippen LogP contribution in [0, 0.1) is 0 Å². The lowest BCUT2D eigenvalue weighted by Crippen LogP contribution is -2.38. The first kappa shape index (κ1) is 15.8. The van der Waals surface area contributed by atoms with Crippen LogP contribution in [0.3, 0.4) is 0 Å². The monoisotopic (exact) mass is 331 g/mol. The molecule has 0 atom stereocenters. The maximum atomic E-state index is 12.1. The molecule has 2 amide bonds. The molecule has 1 fully saturated rings. The Balaban J connectivity index is 1.68. The summed E-state index contributed by atoms with van der Waals surface area (Å²) < 4.78 is 5.31. The molecule has 0 bridgehead atoms. The van der Waals surface area contributed by atoms with E-state index in [4.69, 9.17) is 4.74 Å². The molecule has 2 aliphatic heterocycles. The van der Waals surface area contributed by atoms with Gasteiger partial charge in [-0.25, -0.2) is 0 Å². The third kappa shape index (κ3) is 4.00. The summed E-state index contributed by atoms with van der Waals surface area (Å²) in [5, 5.41) is 3.46. The SMILES string of the molecule is CC(=O)Nc1ccc(/C=C2\SC(N3CCOCC3)=NC2=O)cc1. The van der Waals surface area contributed by atoms with Gasteiger partial charge in [-0.3, -0.25) is 9.59 Å². The van der Waals surface area contributed by atoms with Crippen LogP contribution in [-0.2, 0) is 14.3 Å². The van der Waals surface area contributed by atoms with Crippen molar-refractivity contribution in [1.29, 1.82) is 0 Å². The van der Waals surface area contributed by atoms with Crippen molar-refractivity contribution in [2.24, 2.45) is 4.99 Å². The number of amides is 2. The summed E-state index contributed by atoms with van der Waals surface area (Å²) in [5.74, 6) is -0.316. The molecule has 1 aromatic carbocycles. The first-order valence-electron chi connectivity index (χ1n) is 7.35. The molecule has 120 valence electrons. The lowest BCUT2D eigenvalue weighted by molar-refractivity contribution is -0.114. The number of carbonyl (C=O) groups excluding carboxylic acids is 2. The van der Waals surface area contributed by atoms with E-state index in [0.29, 0.717) is 18.1 Å². The van der Waals surface area contributed by atoms with Crippen molar-refractivity contribution >= 4 is 40.5 Å². The molecule has 0 aromatic heterocycles. The smallest absolute Gasteiger partial charge is 0.286 e. The Bertz CT molecular complexity index is 676. The van der Waals surface area contributed by atoms with Crippen molar-refractivity contribution in [3.8, 4) is 0 Å². The van der Waals surface area contributed by atoms with E-state index < -0.39 is 0 Å². The molecule has 0 aliphatic carbocycles. The second-order valence-corrected chi connectivity index (χ2v) is 6.22. The number of ether oxygens (including phenoxy) is 1. The van der Waals surface area contributed by atoms with E-state index in [1.54, 1.807) is 0 Å². The molecule has 1 aromatic rings. The van der Waals surface area contributed by atoms with E-state index in [2.05, 4.69) is 15.2 Å². The molecule has 6 nitrogen and oxygen atoms in total. The Labute approximate surface area is 138 Å². The third-order valence-corrected chi connectivity index (χ3v) is 4.46. The molecule has 0 spiro atoms. The van der Waals surface area contributed by atoms with E-state index in [1.807, 2.05) is 30.3 Å². The fraction of sp³-hybridized carbons (Fsp3) is 0.312. The van der Waals surface area contributed by atoms with Crippen LogP contribution in [0.2, 0.25) is 0 Å². The number of morpholine rings is 1. The second-order valence-electron chi connectivity index (χ2n) is 5.21. The number of hydrogen-bond acceptors (Lipinski definition) is 5. The van der Waals surface area contributed by atoms with Crippen LogP contribution in [0.15, 0.2) is 34.2 Å². The molecule has 0 unspecified atom stereocenters. The van der Waals surface area contributed by atoms with Crippen molar-refractivity contribution < 1.29 is 14.3 Å². The Morgan fingerprint density at radius 1 is 1.30 bits per heavy atom. The summed E-state index contributed by atoms with van der Waals surface area (Å²) in [5.41, 5.74) is 1.63. The molecule has 3 rings (SSSR count). The minimum absolute atomic E-state index is 0.110. The van der Waals surface area contributed by atoms with Crippen LogP contribution < -0.4 is 5.32 Å². The van der Waals surface area contributed by atoms with Crippen molar-refractivity contribution in [3.63, 3.8) is 0 Å². The number of thioether (sulfide) groups is 1. The molecule has 2 aliphatic rings. The van der Waals surface area contributed by atoms with Gasteiger partial charge >= 0.3 is 0 Å². The van der Waals surface area contributed by atoms with Crippen LogP contribution in [-0.4, -0.2) is 48.2 Å². The quantitative estimate of drug-likeness (QED) is 0.839. The summed E-state index contributed by atoms with van der Waals surface area (Å²) in [6.45, 7) is 4.32. The number of aliphatic imine (C=N–C) groups is 1. The topological polar surface area (TPSA) is 71.0 Å². The number of nitrogens with zero attached hydrogens (tertiary/aromatic N) is 2. The summed E-state index contributed by atoms with van der Waals surface area (Å²) in [6, 6.07) is 7.33. The summed E-state index contributed by atoms with van der Waals surface area (Å²) in [7, 11) is 0. The Kier molecular flexibility index (Phi) is 4.78. The van der Waals surface area contributed by atoms with Crippen LogP contribution in [0.25, 0.3) is 6.08 Å². The Hall–Kier alpha value is -2.12. The van der Waals surface area contributed by atoms with Gasteiger partial charge in [0.25, 0.3) is 5.91 Å². The zero-order valence-electron chi connectivity index (χ0n) is 12.7. The predicted molar refractivity (Wildman–Crippen MR) is 91.1 cm³/mol. The number of carbonyl (C=O) groups is 2. The minimum atomic E-state index is -0.206. The molecule has 2 heterocycles. The summed E-state index contributed by atoms with van der Waals surface area (Å²) in [6.07, 6.45) is 1.82. The highest BCUT2D eigenvalue weighted by Gasteiger charge is 2.26. The van der Waals surface area contributed by atoms with E-state index >= 15 is 0 Å². The molecule has 7 heteroatoms. The van der Waals surface area contributed by atoms with Crippen LogP contribution in [0.5, 0.6) is 0 Å². The average molecular weight is 331 g/mol. The maximum Gasteiger partial charge on any atom is 0.286 e. The molecule has 0 saturated carbocycles. The van der Waals surface area contributed by atoms with Crippen LogP contribution in [0.4, 0.5) is 5.69 Å². The molecule has 0 radical (unpaired) electrons. The van der Waals surface area contributed by atoms with Crippen LogP contribution >= 0.6 is 11.8 Å². The van der Waals surface area contributed by atoms with Gasteiger partial charge < -0.3 is 15.0 Å². The average Bonchev–Trinajstić information content (AvgIpc) is 2.91. The highest BCUT2D eigenvalue weighted by Crippen LogP contribution is 2.30. The van der Waals surface area contributed by atoms with Gasteiger partial charge in [0.15, 0.2) is 5.17 Å². The van der Waals surface area contributed by atoms with Crippen molar-refractivity contribution in [2.45, 2.75) is 6.92 Å². The summed E-state index contributed by atoms with van der Waals surface area (Å²) in [4.78, 5) is 29.9. The third-order valence-electron chi connectivity index (χ3n) is 3.42. The van der Waals surface area contributed by atoms with Crippen molar-refractivity contribution in [2.75, 3.05) is 31.6 Å². The fourth-order valence-electron chi connectivity index (χ4n) is 2.31. The molecule has 1 saturated heterocycles. The largest absolute Gasteiger partial charge is 0.378 e. The number of hydrogen-bond donors (Lipinski definition) is 1. The lowest BCUT2D eigenvalue weighted by Gasteiger charge is -2.27. The van der Waals surface area contributed by atoms with E-state index in [1.165, 1.54) is 18.7 Å². The van der Waals surface area contributed by atoms with Crippen molar-refractivity contribution in [1.82, 2.24) is 4.90 Å². The molecule has 23 heavy (non-hydrogen) atoms. The number of rotatable bonds is 2. The van der Waals surface area contributed by atoms with Crippen LogP contribution in [0.1, 0.15) is 12.5 Å². The van der Waals surface area contributed by atoms with Gasteiger partial charge in [0, 0.05) is 25.7 Å². The zero-order valence-corrected chi connectivity index (χ0v) is 13.6. The number of amidine groups is 1. The highest BCUT2D eigenvalue weighted by atomic mass is 32.2. The number of anilines is 1. The second kappa shape index (κ2) is 6.97. The first-order valence-corrected chi connectivity index (χ1v) is 8.16.